The summed E-state index contributed by atoms with van der Waals surface area (Å²) in [5.74, 6) is -0.855. The van der Waals surface area contributed by atoms with Crippen LogP contribution in [0.25, 0.3) is 11.0 Å². The molecule has 150 valence electrons. The van der Waals surface area contributed by atoms with Gasteiger partial charge in [-0.15, -0.1) is 5.10 Å². The van der Waals surface area contributed by atoms with Crippen LogP contribution in [0.3, 0.4) is 0 Å². The number of benzene rings is 1. The molecule has 1 amide bonds. The summed E-state index contributed by atoms with van der Waals surface area (Å²) in [4.78, 5) is 26.6. The molecule has 2 aliphatic rings. The molecule has 0 unspecified atom stereocenters. The summed E-state index contributed by atoms with van der Waals surface area (Å²) in [6.45, 7) is 2.22. The largest absolute Gasteiger partial charge is 0.452 e. The molecule has 4 rings (SSSR count). The summed E-state index contributed by atoms with van der Waals surface area (Å²) >= 11 is 0. The fourth-order valence-corrected chi connectivity index (χ4v) is 5.38. The topological polar surface area (TPSA) is 111 Å². The molecule has 9 nitrogen and oxygen atoms in total. The Balaban J connectivity index is 1.41. The summed E-state index contributed by atoms with van der Waals surface area (Å²) in [7, 11) is -3.09. The lowest BCUT2D eigenvalue weighted by molar-refractivity contribution is -0.137. The van der Waals surface area contributed by atoms with Crippen molar-refractivity contribution in [3.05, 3.63) is 23.8 Å². The van der Waals surface area contributed by atoms with Crippen LogP contribution in [0.2, 0.25) is 0 Å². The van der Waals surface area contributed by atoms with Crippen LogP contribution >= 0.6 is 0 Å². The minimum atomic E-state index is -3.09. The third-order valence-electron chi connectivity index (χ3n) is 5.21. The summed E-state index contributed by atoms with van der Waals surface area (Å²) in [5.41, 5.74) is 1.70. The second-order valence-corrected chi connectivity index (χ2v) is 9.50. The van der Waals surface area contributed by atoms with E-state index < -0.39 is 22.4 Å². The summed E-state index contributed by atoms with van der Waals surface area (Å²) in [6, 6.07) is 4.70. The molecule has 0 radical (unpaired) electrons. The summed E-state index contributed by atoms with van der Waals surface area (Å²) in [5, 5.41) is 8.02. The van der Waals surface area contributed by atoms with Gasteiger partial charge in [0.2, 0.25) is 0 Å². The minimum Gasteiger partial charge on any atom is -0.452 e. The maximum absolute atomic E-state index is 12.6. The Morgan fingerprint density at radius 2 is 2.04 bits per heavy atom. The molecule has 2 heterocycles. The van der Waals surface area contributed by atoms with E-state index in [4.69, 9.17) is 4.74 Å². The SMILES string of the molecule is CCn1nnc2cc(C(=O)OCC(=O)N(C3CC3)[C@H]3CCS(=O)(=O)C3)ccc21. The molecule has 28 heavy (non-hydrogen) atoms. The zero-order valence-corrected chi connectivity index (χ0v) is 16.4. The normalized spacial score (nSPS) is 21.0. The monoisotopic (exact) mass is 406 g/mol. The van der Waals surface area contributed by atoms with Crippen molar-refractivity contribution in [2.24, 2.45) is 0 Å². The molecule has 1 aromatic carbocycles. The van der Waals surface area contributed by atoms with E-state index in [0.717, 1.165) is 18.4 Å². The van der Waals surface area contributed by atoms with Crippen LogP contribution in [0.5, 0.6) is 0 Å². The first-order valence-electron chi connectivity index (χ1n) is 9.40. The summed E-state index contributed by atoms with van der Waals surface area (Å²) in [6.07, 6.45) is 2.17. The van der Waals surface area contributed by atoms with Gasteiger partial charge in [0.1, 0.15) is 5.52 Å². The zero-order chi connectivity index (χ0) is 19.9. The van der Waals surface area contributed by atoms with Crippen LogP contribution in [-0.2, 0) is 25.9 Å². The number of hydrogen-bond acceptors (Lipinski definition) is 7. The van der Waals surface area contributed by atoms with Crippen molar-refractivity contribution in [3.63, 3.8) is 0 Å². The smallest absolute Gasteiger partial charge is 0.338 e. The quantitative estimate of drug-likeness (QED) is 0.652. The number of aryl methyl sites for hydroxylation is 1. The van der Waals surface area contributed by atoms with Crippen molar-refractivity contribution in [2.75, 3.05) is 18.1 Å². The number of carbonyl (C=O) groups excluding carboxylic acids is 2. The number of esters is 1. The standard InChI is InChI=1S/C18H22N4O5S/c1-2-21-16-6-3-12(9-15(16)19-20-21)18(24)27-10-17(23)22(13-4-5-13)14-7-8-28(25,26)11-14/h3,6,9,13-14H,2,4-5,7-8,10-11H2,1H3/t14-/m0/s1. The third-order valence-corrected chi connectivity index (χ3v) is 6.96. The van der Waals surface area contributed by atoms with Crippen molar-refractivity contribution in [1.29, 1.82) is 0 Å². The van der Waals surface area contributed by atoms with Gasteiger partial charge in [0.15, 0.2) is 16.4 Å². The van der Waals surface area contributed by atoms with Gasteiger partial charge in [0, 0.05) is 18.6 Å². The number of amides is 1. The molecule has 1 aliphatic carbocycles. The van der Waals surface area contributed by atoms with E-state index >= 15 is 0 Å². The number of sulfone groups is 1. The molecule has 0 bridgehead atoms. The van der Waals surface area contributed by atoms with Crippen LogP contribution in [0, 0.1) is 0 Å². The Kier molecular flexibility index (Phi) is 4.82. The van der Waals surface area contributed by atoms with Gasteiger partial charge >= 0.3 is 5.97 Å². The molecule has 0 spiro atoms. The number of hydrogen-bond donors (Lipinski definition) is 0. The predicted octanol–water partition coefficient (Wildman–Crippen LogP) is 0.786. The highest BCUT2D eigenvalue weighted by Crippen LogP contribution is 2.32. The molecule has 2 fully saturated rings. The van der Waals surface area contributed by atoms with Gasteiger partial charge in [-0.25, -0.2) is 17.9 Å². The van der Waals surface area contributed by atoms with Gasteiger partial charge in [-0.2, -0.15) is 0 Å². The highest BCUT2D eigenvalue weighted by atomic mass is 32.2. The number of nitrogens with zero attached hydrogens (tertiary/aromatic N) is 4. The second kappa shape index (κ2) is 7.16. The Morgan fingerprint density at radius 3 is 2.68 bits per heavy atom. The van der Waals surface area contributed by atoms with Gasteiger partial charge in [-0.05, 0) is 44.4 Å². The average molecular weight is 406 g/mol. The van der Waals surface area contributed by atoms with Gasteiger partial charge in [-0.1, -0.05) is 5.21 Å². The van der Waals surface area contributed by atoms with E-state index in [1.165, 1.54) is 0 Å². The molecule has 1 atom stereocenters. The maximum Gasteiger partial charge on any atom is 0.338 e. The molecule has 1 aromatic heterocycles. The molecular formula is C18H22N4O5S. The highest BCUT2D eigenvalue weighted by molar-refractivity contribution is 7.91. The van der Waals surface area contributed by atoms with Crippen LogP contribution in [0.1, 0.15) is 36.5 Å². The molecule has 1 saturated carbocycles. The van der Waals surface area contributed by atoms with Crippen molar-refractivity contribution < 1.29 is 22.7 Å². The molecule has 10 heteroatoms. The van der Waals surface area contributed by atoms with Crippen molar-refractivity contribution in [1.82, 2.24) is 19.9 Å². The fraction of sp³-hybridized carbons (Fsp3) is 0.556. The Labute approximate surface area is 162 Å². The fourth-order valence-electron chi connectivity index (χ4n) is 3.67. The zero-order valence-electron chi connectivity index (χ0n) is 15.6. The van der Waals surface area contributed by atoms with Crippen molar-refractivity contribution in [2.45, 2.75) is 44.8 Å². The van der Waals surface area contributed by atoms with E-state index in [0.29, 0.717) is 24.0 Å². The predicted molar refractivity (Wildman–Crippen MR) is 100 cm³/mol. The first kappa shape index (κ1) is 18.9. The van der Waals surface area contributed by atoms with Crippen molar-refractivity contribution in [3.8, 4) is 0 Å². The lowest BCUT2D eigenvalue weighted by atomic mass is 10.2. The number of rotatable bonds is 6. The van der Waals surface area contributed by atoms with Crippen LogP contribution in [-0.4, -0.2) is 70.4 Å². The van der Waals surface area contributed by atoms with Gasteiger partial charge in [0.25, 0.3) is 5.91 Å². The lowest BCUT2D eigenvalue weighted by Gasteiger charge is -2.28. The average Bonchev–Trinajstić information content (AvgIpc) is 3.31. The van der Waals surface area contributed by atoms with E-state index in [1.54, 1.807) is 27.8 Å². The van der Waals surface area contributed by atoms with Gasteiger partial charge in [-0.3, -0.25) is 4.79 Å². The van der Waals surface area contributed by atoms with Crippen molar-refractivity contribution >= 4 is 32.7 Å². The van der Waals surface area contributed by atoms with E-state index in [1.807, 2.05) is 6.92 Å². The van der Waals surface area contributed by atoms with E-state index in [9.17, 15) is 18.0 Å². The first-order chi connectivity index (χ1) is 13.4. The number of ether oxygens (including phenoxy) is 1. The molecule has 0 N–H and O–H groups in total. The Hall–Kier alpha value is -2.49. The Bertz CT molecular complexity index is 1030. The second-order valence-electron chi connectivity index (χ2n) is 7.27. The van der Waals surface area contributed by atoms with Crippen LogP contribution < -0.4 is 0 Å². The third kappa shape index (κ3) is 3.73. The van der Waals surface area contributed by atoms with E-state index in [-0.39, 0.29) is 29.5 Å². The summed E-state index contributed by atoms with van der Waals surface area (Å²) < 4.78 is 30.4. The van der Waals surface area contributed by atoms with Gasteiger partial charge < -0.3 is 9.64 Å². The van der Waals surface area contributed by atoms with Crippen LogP contribution in [0.15, 0.2) is 18.2 Å². The molecule has 1 aliphatic heterocycles. The number of fused-ring (bicyclic) bond motifs is 1. The lowest BCUT2D eigenvalue weighted by Crippen LogP contribution is -2.44. The number of aromatic nitrogens is 3. The van der Waals surface area contributed by atoms with Gasteiger partial charge in [0.05, 0.1) is 22.6 Å². The Morgan fingerprint density at radius 1 is 1.25 bits per heavy atom. The molecule has 2 aromatic rings. The maximum atomic E-state index is 12.6. The highest BCUT2D eigenvalue weighted by Gasteiger charge is 2.42. The van der Waals surface area contributed by atoms with E-state index in [2.05, 4.69) is 10.3 Å². The first-order valence-corrected chi connectivity index (χ1v) is 11.2. The molecule has 1 saturated heterocycles. The van der Waals surface area contributed by atoms with Crippen LogP contribution in [0.4, 0.5) is 0 Å². The number of carbonyl (C=O) groups is 2. The molecular weight excluding hydrogens is 384 g/mol. The minimum absolute atomic E-state index is 0.00700.